The molecule has 3 aromatic rings. The average Bonchev–Trinajstić information content (AvgIpc) is 2.91. The van der Waals surface area contributed by atoms with Gasteiger partial charge in [0.2, 0.25) is 0 Å². The first kappa shape index (κ1) is 19.0. The van der Waals surface area contributed by atoms with Crippen LogP contribution in [0.4, 0.5) is 0 Å². The zero-order valence-corrected chi connectivity index (χ0v) is 17.4. The van der Waals surface area contributed by atoms with E-state index in [1.54, 1.807) is 0 Å². The summed E-state index contributed by atoms with van der Waals surface area (Å²) in [7, 11) is 0. The number of likely N-dealkylation sites (tertiary alicyclic amines) is 1. The minimum absolute atomic E-state index is 0.346. The van der Waals surface area contributed by atoms with Crippen LogP contribution in [0.3, 0.4) is 0 Å². The predicted octanol–water partition coefficient (Wildman–Crippen LogP) is 4.69. The lowest BCUT2D eigenvalue weighted by Gasteiger charge is -2.30. The minimum Gasteiger partial charge on any atom is -0.508 e. The summed E-state index contributed by atoms with van der Waals surface area (Å²) < 4.78 is 0. The molecule has 0 bridgehead atoms. The molecule has 0 spiro atoms. The average molecular weight is 398 g/mol. The maximum atomic E-state index is 10.0. The van der Waals surface area contributed by atoms with Crippen molar-refractivity contribution in [3.8, 4) is 5.75 Å². The highest BCUT2D eigenvalue weighted by atomic mass is 16.3. The highest BCUT2D eigenvalue weighted by Gasteiger charge is 2.25. The van der Waals surface area contributed by atoms with Gasteiger partial charge in [0.05, 0.1) is 5.69 Å². The summed E-state index contributed by atoms with van der Waals surface area (Å²) in [6, 6.07) is 12.3. The number of hydrogen-bond donors (Lipinski definition) is 1. The second kappa shape index (κ2) is 8.04. The molecule has 0 atom stereocenters. The molecule has 5 rings (SSSR count). The van der Waals surface area contributed by atoms with Crippen LogP contribution in [0.1, 0.15) is 46.4 Å². The molecule has 0 amide bonds. The molecule has 2 aliphatic rings. The summed E-state index contributed by atoms with van der Waals surface area (Å²) >= 11 is 0. The highest BCUT2D eigenvalue weighted by Crippen LogP contribution is 2.38. The van der Waals surface area contributed by atoms with Crippen molar-refractivity contribution < 1.29 is 5.11 Å². The van der Waals surface area contributed by atoms with Crippen LogP contribution in [0.2, 0.25) is 0 Å². The van der Waals surface area contributed by atoms with E-state index in [-0.39, 0.29) is 0 Å². The molecule has 4 nitrogen and oxygen atoms in total. The van der Waals surface area contributed by atoms with E-state index in [2.05, 4.69) is 35.0 Å². The van der Waals surface area contributed by atoms with Crippen molar-refractivity contribution in [3.05, 3.63) is 94.1 Å². The summed E-state index contributed by atoms with van der Waals surface area (Å²) in [6.07, 6.45) is 9.79. The van der Waals surface area contributed by atoms with E-state index in [0.717, 1.165) is 51.0 Å². The maximum Gasteiger partial charge on any atom is 0.115 e. The van der Waals surface area contributed by atoms with Crippen molar-refractivity contribution in [1.82, 2.24) is 14.9 Å². The lowest BCUT2D eigenvalue weighted by Crippen LogP contribution is -2.30. The van der Waals surface area contributed by atoms with Crippen LogP contribution >= 0.6 is 0 Å². The van der Waals surface area contributed by atoms with Gasteiger partial charge >= 0.3 is 0 Å². The van der Waals surface area contributed by atoms with Gasteiger partial charge in [-0.3, -0.25) is 14.9 Å². The quantitative estimate of drug-likeness (QED) is 0.682. The van der Waals surface area contributed by atoms with E-state index >= 15 is 0 Å². The number of benzene rings is 1. The van der Waals surface area contributed by atoms with Crippen molar-refractivity contribution in [2.45, 2.75) is 39.2 Å². The first-order valence-electron chi connectivity index (χ1n) is 10.8. The molecule has 2 aromatic heterocycles. The second-order valence-corrected chi connectivity index (χ2v) is 8.48. The third-order valence-corrected chi connectivity index (χ3v) is 6.30. The zero-order chi connectivity index (χ0) is 20.5. The van der Waals surface area contributed by atoms with Gasteiger partial charge in [-0.1, -0.05) is 23.8 Å². The molecule has 1 aromatic carbocycles. The van der Waals surface area contributed by atoms with Gasteiger partial charge in [0.25, 0.3) is 0 Å². The van der Waals surface area contributed by atoms with E-state index in [1.807, 2.05) is 36.8 Å². The van der Waals surface area contributed by atoms with Gasteiger partial charge in [-0.2, -0.15) is 0 Å². The molecule has 152 valence electrons. The maximum absolute atomic E-state index is 10.0. The standard InChI is InChI=1S/C26H27N3O/c1-18-13-19(16-27-15-18)17-29-11-8-20(9-12-29)25-24-7-6-23(30)14-22(24)5-4-21-3-2-10-28-26(21)25/h2-3,6-7,10,13-16,30H,4-5,8-9,11-12,17H2,1H3. The summed E-state index contributed by atoms with van der Waals surface area (Å²) in [5, 5.41) is 10.0. The second-order valence-electron chi connectivity index (χ2n) is 8.48. The number of phenols is 1. The molecule has 1 saturated heterocycles. The minimum atomic E-state index is 0.346. The topological polar surface area (TPSA) is 49.2 Å². The SMILES string of the molecule is Cc1cncc(CN2CCC(=C3c4ccc(O)cc4CCc4cccnc43)CC2)c1. The van der Waals surface area contributed by atoms with Gasteiger partial charge in [0.1, 0.15) is 5.75 Å². The van der Waals surface area contributed by atoms with Gasteiger partial charge in [0, 0.05) is 43.8 Å². The molecule has 0 radical (unpaired) electrons. The van der Waals surface area contributed by atoms with Crippen LogP contribution in [-0.4, -0.2) is 33.1 Å². The van der Waals surface area contributed by atoms with Gasteiger partial charge in [-0.15, -0.1) is 0 Å². The normalized spacial score (nSPS) is 16.7. The van der Waals surface area contributed by atoms with Crippen LogP contribution in [0.5, 0.6) is 5.75 Å². The largest absolute Gasteiger partial charge is 0.508 e. The number of nitrogens with zero attached hydrogens (tertiary/aromatic N) is 3. The molecule has 0 unspecified atom stereocenters. The molecule has 4 heteroatoms. The van der Waals surface area contributed by atoms with Gasteiger partial charge < -0.3 is 5.11 Å². The monoisotopic (exact) mass is 397 g/mol. The molecule has 3 heterocycles. The van der Waals surface area contributed by atoms with Crippen LogP contribution < -0.4 is 0 Å². The summed E-state index contributed by atoms with van der Waals surface area (Å²) in [6.45, 7) is 5.14. The van der Waals surface area contributed by atoms with Crippen LogP contribution in [0.15, 0.2) is 60.6 Å². The number of aryl methyl sites for hydroxylation is 3. The van der Waals surface area contributed by atoms with E-state index in [9.17, 15) is 5.11 Å². The lowest BCUT2D eigenvalue weighted by molar-refractivity contribution is 0.248. The number of rotatable bonds is 2. The molecular weight excluding hydrogens is 370 g/mol. The highest BCUT2D eigenvalue weighted by molar-refractivity contribution is 5.84. The van der Waals surface area contributed by atoms with E-state index in [0.29, 0.717) is 5.75 Å². The number of piperidine rings is 1. The van der Waals surface area contributed by atoms with E-state index < -0.39 is 0 Å². The molecular formula is C26H27N3O. The fourth-order valence-corrected chi connectivity index (χ4v) is 4.84. The Labute approximate surface area is 177 Å². The molecule has 30 heavy (non-hydrogen) atoms. The molecule has 1 aliphatic heterocycles. The number of hydrogen-bond acceptors (Lipinski definition) is 4. The Morgan fingerprint density at radius 3 is 2.63 bits per heavy atom. The number of aromatic hydroxyl groups is 1. The fraction of sp³-hybridized carbons (Fsp3) is 0.308. The first-order chi connectivity index (χ1) is 14.7. The van der Waals surface area contributed by atoms with Crippen molar-refractivity contribution in [1.29, 1.82) is 0 Å². The Morgan fingerprint density at radius 1 is 0.967 bits per heavy atom. The Balaban J connectivity index is 1.47. The van der Waals surface area contributed by atoms with Crippen LogP contribution in [0.25, 0.3) is 5.57 Å². The van der Waals surface area contributed by atoms with Crippen LogP contribution in [0, 0.1) is 6.92 Å². The fourth-order valence-electron chi connectivity index (χ4n) is 4.84. The summed E-state index contributed by atoms with van der Waals surface area (Å²) in [5.74, 6) is 0.346. The zero-order valence-electron chi connectivity index (χ0n) is 17.4. The van der Waals surface area contributed by atoms with Crippen LogP contribution in [-0.2, 0) is 19.4 Å². The van der Waals surface area contributed by atoms with Crippen molar-refractivity contribution in [2.24, 2.45) is 0 Å². The molecule has 1 fully saturated rings. The Kier molecular flexibility index (Phi) is 5.09. The smallest absolute Gasteiger partial charge is 0.115 e. The summed E-state index contributed by atoms with van der Waals surface area (Å²) in [5.41, 5.74) is 10.2. The van der Waals surface area contributed by atoms with Crippen molar-refractivity contribution in [2.75, 3.05) is 13.1 Å². The van der Waals surface area contributed by atoms with E-state index in [4.69, 9.17) is 4.98 Å². The van der Waals surface area contributed by atoms with Gasteiger partial charge in [-0.25, -0.2) is 0 Å². The number of pyridine rings is 2. The predicted molar refractivity (Wildman–Crippen MR) is 119 cm³/mol. The van der Waals surface area contributed by atoms with Crippen molar-refractivity contribution in [3.63, 3.8) is 0 Å². The Bertz CT molecular complexity index is 1110. The Morgan fingerprint density at radius 2 is 1.80 bits per heavy atom. The third kappa shape index (κ3) is 3.75. The van der Waals surface area contributed by atoms with Gasteiger partial charge in [0.15, 0.2) is 0 Å². The lowest BCUT2D eigenvalue weighted by atomic mass is 9.88. The van der Waals surface area contributed by atoms with Gasteiger partial charge in [-0.05, 0) is 78.6 Å². The first-order valence-corrected chi connectivity index (χ1v) is 10.8. The number of phenolic OH excluding ortho intramolecular Hbond substituents is 1. The molecule has 1 aliphatic carbocycles. The van der Waals surface area contributed by atoms with E-state index in [1.165, 1.54) is 39.0 Å². The third-order valence-electron chi connectivity index (χ3n) is 6.30. The molecule has 1 N–H and O–H groups in total. The number of fused-ring (bicyclic) bond motifs is 2. The Hall–Kier alpha value is -2.98. The molecule has 0 saturated carbocycles. The summed E-state index contributed by atoms with van der Waals surface area (Å²) in [4.78, 5) is 11.7. The van der Waals surface area contributed by atoms with Crippen molar-refractivity contribution >= 4 is 5.57 Å². The number of aromatic nitrogens is 2.